The van der Waals surface area contributed by atoms with E-state index < -0.39 is 9.84 Å². The fourth-order valence-corrected chi connectivity index (χ4v) is 4.98. The number of hydrogen-bond acceptors (Lipinski definition) is 8. The minimum absolute atomic E-state index is 0.0790. The fraction of sp³-hybridized carbons (Fsp3) is 0.318. The summed E-state index contributed by atoms with van der Waals surface area (Å²) in [5.74, 6) is 1.43. The molecule has 0 spiro atoms. The first-order valence-corrected chi connectivity index (χ1v) is 11.6. The number of benzene rings is 2. The second-order valence-electron chi connectivity index (χ2n) is 7.41. The molecule has 0 N–H and O–H groups in total. The average molecular weight is 442 g/mol. The van der Waals surface area contributed by atoms with Gasteiger partial charge in [-0.25, -0.2) is 8.42 Å². The van der Waals surface area contributed by atoms with Crippen LogP contribution in [0.1, 0.15) is 5.56 Å². The van der Waals surface area contributed by atoms with Gasteiger partial charge < -0.3 is 23.5 Å². The van der Waals surface area contributed by atoms with Gasteiger partial charge in [0.15, 0.2) is 11.5 Å². The lowest BCUT2D eigenvalue weighted by molar-refractivity contribution is 0.120. The predicted molar refractivity (Wildman–Crippen MR) is 113 cm³/mol. The molecule has 1 saturated heterocycles. The maximum absolute atomic E-state index is 13.6. The molecule has 162 valence electrons. The van der Waals surface area contributed by atoms with Crippen molar-refractivity contribution in [2.45, 2.75) is 16.8 Å². The SMILES string of the molecule is Cc1cccc(-c2nc(S(=O)(=O)c3ccc4c(c3)OCCO4)c(N3CCOCC3)o2)c1. The number of aryl methyl sites for hydroxylation is 1. The van der Waals surface area contributed by atoms with Crippen molar-refractivity contribution >= 4 is 15.7 Å². The summed E-state index contributed by atoms with van der Waals surface area (Å²) in [6.45, 7) is 4.79. The summed E-state index contributed by atoms with van der Waals surface area (Å²) >= 11 is 0. The topological polar surface area (TPSA) is 91.1 Å². The summed E-state index contributed by atoms with van der Waals surface area (Å²) in [5.41, 5.74) is 1.75. The molecule has 0 unspecified atom stereocenters. The maximum Gasteiger partial charge on any atom is 0.236 e. The van der Waals surface area contributed by atoms with E-state index in [0.29, 0.717) is 51.0 Å². The normalized spacial score (nSPS) is 16.4. The summed E-state index contributed by atoms with van der Waals surface area (Å²) in [5, 5.41) is -0.109. The Hall–Kier alpha value is -3.04. The van der Waals surface area contributed by atoms with Gasteiger partial charge in [0.2, 0.25) is 26.6 Å². The zero-order chi connectivity index (χ0) is 21.4. The number of oxazole rings is 1. The van der Waals surface area contributed by atoms with Crippen LogP contribution in [0.5, 0.6) is 11.5 Å². The lowest BCUT2D eigenvalue weighted by Gasteiger charge is -2.26. The van der Waals surface area contributed by atoms with Crippen LogP contribution in [0.3, 0.4) is 0 Å². The minimum Gasteiger partial charge on any atom is -0.486 e. The second-order valence-corrected chi connectivity index (χ2v) is 9.27. The summed E-state index contributed by atoms with van der Waals surface area (Å²) in [7, 11) is -3.97. The third kappa shape index (κ3) is 3.75. The van der Waals surface area contributed by atoms with Crippen LogP contribution in [0, 0.1) is 6.92 Å². The highest BCUT2D eigenvalue weighted by Crippen LogP contribution is 2.38. The van der Waals surface area contributed by atoms with Gasteiger partial charge in [-0.05, 0) is 31.2 Å². The molecular weight excluding hydrogens is 420 g/mol. The highest BCUT2D eigenvalue weighted by molar-refractivity contribution is 7.91. The van der Waals surface area contributed by atoms with Crippen LogP contribution in [0.4, 0.5) is 5.88 Å². The van der Waals surface area contributed by atoms with Crippen molar-refractivity contribution in [1.82, 2.24) is 4.98 Å². The molecule has 0 saturated carbocycles. The largest absolute Gasteiger partial charge is 0.486 e. The van der Waals surface area contributed by atoms with E-state index in [9.17, 15) is 8.42 Å². The first-order chi connectivity index (χ1) is 15.0. The molecule has 8 nitrogen and oxygen atoms in total. The van der Waals surface area contributed by atoms with Crippen LogP contribution in [0.25, 0.3) is 11.5 Å². The smallest absolute Gasteiger partial charge is 0.236 e. The molecule has 0 bridgehead atoms. The third-order valence-corrected chi connectivity index (χ3v) is 6.87. The minimum atomic E-state index is -3.97. The number of anilines is 1. The van der Waals surface area contributed by atoms with Crippen LogP contribution in [-0.2, 0) is 14.6 Å². The van der Waals surface area contributed by atoms with Crippen LogP contribution < -0.4 is 14.4 Å². The predicted octanol–water partition coefficient (Wildman–Crippen LogP) is 3.09. The summed E-state index contributed by atoms with van der Waals surface area (Å²) < 4.78 is 49.8. The Bertz CT molecular complexity index is 1210. The molecule has 0 atom stereocenters. The van der Waals surface area contributed by atoms with E-state index in [1.807, 2.05) is 36.1 Å². The van der Waals surface area contributed by atoms with E-state index in [2.05, 4.69) is 4.98 Å². The Morgan fingerprint density at radius 2 is 1.71 bits per heavy atom. The van der Waals surface area contributed by atoms with Crippen molar-refractivity contribution in [1.29, 1.82) is 0 Å². The molecule has 3 heterocycles. The zero-order valence-corrected chi connectivity index (χ0v) is 17.9. The lowest BCUT2D eigenvalue weighted by atomic mass is 10.1. The van der Waals surface area contributed by atoms with Gasteiger partial charge in [-0.1, -0.05) is 17.7 Å². The lowest BCUT2D eigenvalue weighted by Crippen LogP contribution is -2.36. The number of rotatable bonds is 4. The number of morpholine rings is 1. The highest BCUT2D eigenvalue weighted by Gasteiger charge is 2.33. The molecule has 0 radical (unpaired) electrons. The standard InChI is InChI=1S/C22H22N2O6S/c1-15-3-2-4-16(13-15)20-23-21(22(30-20)24-7-9-27-10-8-24)31(25,26)17-5-6-18-19(14-17)29-12-11-28-18/h2-6,13-14H,7-12H2,1H3. The molecule has 2 aliphatic rings. The number of fused-ring (bicyclic) bond motifs is 1. The molecule has 2 aromatic carbocycles. The van der Waals surface area contributed by atoms with Crippen molar-refractivity contribution < 1.29 is 27.0 Å². The van der Waals surface area contributed by atoms with Crippen LogP contribution in [-0.4, -0.2) is 52.9 Å². The van der Waals surface area contributed by atoms with E-state index in [1.54, 1.807) is 6.07 Å². The number of aromatic nitrogens is 1. The van der Waals surface area contributed by atoms with Gasteiger partial charge in [0.1, 0.15) is 13.2 Å². The Morgan fingerprint density at radius 3 is 2.48 bits per heavy atom. The van der Waals surface area contributed by atoms with Crippen molar-refractivity contribution in [2.24, 2.45) is 0 Å². The van der Waals surface area contributed by atoms with E-state index in [-0.39, 0.29) is 21.7 Å². The molecule has 3 aromatic rings. The van der Waals surface area contributed by atoms with Crippen molar-refractivity contribution in [3.8, 4) is 23.0 Å². The van der Waals surface area contributed by atoms with Crippen LogP contribution in [0.2, 0.25) is 0 Å². The van der Waals surface area contributed by atoms with E-state index in [1.165, 1.54) is 12.1 Å². The van der Waals surface area contributed by atoms with E-state index in [0.717, 1.165) is 11.1 Å². The average Bonchev–Trinajstić information content (AvgIpc) is 3.26. The summed E-state index contributed by atoms with van der Waals surface area (Å²) in [6.07, 6.45) is 0. The molecular formula is C22H22N2O6S. The monoisotopic (exact) mass is 442 g/mol. The molecule has 1 aromatic heterocycles. The van der Waals surface area contributed by atoms with Gasteiger partial charge in [0.25, 0.3) is 0 Å². The van der Waals surface area contributed by atoms with E-state index >= 15 is 0 Å². The van der Waals surface area contributed by atoms with Gasteiger partial charge in [-0.2, -0.15) is 4.98 Å². The zero-order valence-electron chi connectivity index (χ0n) is 17.0. The molecule has 9 heteroatoms. The number of nitrogens with zero attached hydrogens (tertiary/aromatic N) is 2. The quantitative estimate of drug-likeness (QED) is 0.609. The summed E-state index contributed by atoms with van der Waals surface area (Å²) in [6, 6.07) is 12.2. The van der Waals surface area contributed by atoms with Crippen molar-refractivity contribution in [3.05, 3.63) is 48.0 Å². The number of hydrogen-bond donors (Lipinski definition) is 0. The summed E-state index contributed by atoms with van der Waals surface area (Å²) in [4.78, 5) is 6.39. The molecule has 1 fully saturated rings. The maximum atomic E-state index is 13.6. The molecule has 2 aliphatic heterocycles. The van der Waals surface area contributed by atoms with Gasteiger partial charge in [-0.3, -0.25) is 0 Å². The number of ether oxygens (including phenoxy) is 3. The first-order valence-electron chi connectivity index (χ1n) is 10.1. The molecule has 0 amide bonds. The number of sulfone groups is 1. The Morgan fingerprint density at radius 1 is 0.935 bits per heavy atom. The van der Waals surface area contributed by atoms with Crippen molar-refractivity contribution in [3.63, 3.8) is 0 Å². The van der Waals surface area contributed by atoms with Gasteiger partial charge in [0, 0.05) is 24.7 Å². The Labute approximate surface area is 180 Å². The molecule has 5 rings (SSSR count). The fourth-order valence-electron chi connectivity index (χ4n) is 3.64. The Balaban J connectivity index is 1.62. The third-order valence-electron chi connectivity index (χ3n) is 5.22. The van der Waals surface area contributed by atoms with Gasteiger partial charge in [-0.15, -0.1) is 0 Å². The van der Waals surface area contributed by atoms with Gasteiger partial charge >= 0.3 is 0 Å². The second kappa shape index (κ2) is 7.90. The first kappa shape index (κ1) is 19.9. The van der Waals surface area contributed by atoms with Crippen molar-refractivity contribution in [2.75, 3.05) is 44.4 Å². The molecule has 0 aliphatic carbocycles. The molecule has 31 heavy (non-hydrogen) atoms. The van der Waals surface area contributed by atoms with Gasteiger partial charge in [0.05, 0.1) is 18.1 Å². The van der Waals surface area contributed by atoms with Crippen LogP contribution >= 0.6 is 0 Å². The highest BCUT2D eigenvalue weighted by atomic mass is 32.2. The Kier molecular flexibility index (Phi) is 5.07. The van der Waals surface area contributed by atoms with Crippen LogP contribution in [0.15, 0.2) is 56.8 Å². The van der Waals surface area contributed by atoms with E-state index in [4.69, 9.17) is 18.6 Å².